The Balaban J connectivity index is 2.91. The molecule has 0 aliphatic rings. The van der Waals surface area contributed by atoms with Gasteiger partial charge in [0.2, 0.25) is 0 Å². The molecule has 0 radical (unpaired) electrons. The van der Waals surface area contributed by atoms with Gasteiger partial charge < -0.3 is 0 Å². The fourth-order valence-electron chi connectivity index (χ4n) is 0.895. The first-order valence-corrected chi connectivity index (χ1v) is 3.89. The second kappa shape index (κ2) is 3.81. The van der Waals surface area contributed by atoms with Gasteiger partial charge in [-0.05, 0) is 18.2 Å². The first-order chi connectivity index (χ1) is 5.77. The van der Waals surface area contributed by atoms with E-state index in [1.807, 2.05) is 6.92 Å². The van der Waals surface area contributed by atoms with Gasteiger partial charge in [0, 0.05) is 18.2 Å². The van der Waals surface area contributed by atoms with Crippen LogP contribution in [0.5, 0.6) is 0 Å². The highest BCUT2D eigenvalue weighted by molar-refractivity contribution is 5.95. The number of hydrogen-bond acceptors (Lipinski definition) is 2. The Labute approximate surface area is 71.9 Å². The molecule has 0 atom stereocenters. The number of nitrogens with zero attached hydrogens (tertiary/aromatic N) is 1. The standard InChI is InChI=1S/C10H11NO/c1-3-9-6-5-8(7-11-9)10(12)4-2/h3,5-7H,1,4H2,2H3. The molecular weight excluding hydrogens is 150 g/mol. The van der Waals surface area contributed by atoms with E-state index in [9.17, 15) is 4.79 Å². The summed E-state index contributed by atoms with van der Waals surface area (Å²) < 4.78 is 0. The lowest BCUT2D eigenvalue weighted by atomic mass is 10.1. The van der Waals surface area contributed by atoms with Crippen molar-refractivity contribution >= 4 is 11.9 Å². The Morgan fingerprint density at radius 3 is 2.83 bits per heavy atom. The van der Waals surface area contributed by atoms with Gasteiger partial charge in [-0.25, -0.2) is 0 Å². The molecule has 0 bridgehead atoms. The Bertz CT molecular complexity index is 287. The number of ketones is 1. The summed E-state index contributed by atoms with van der Waals surface area (Å²) in [6, 6.07) is 3.56. The lowest BCUT2D eigenvalue weighted by molar-refractivity contribution is 0.0988. The minimum Gasteiger partial charge on any atom is -0.294 e. The van der Waals surface area contributed by atoms with E-state index in [4.69, 9.17) is 0 Å². The summed E-state index contributed by atoms with van der Waals surface area (Å²) in [6.45, 7) is 5.42. The van der Waals surface area contributed by atoms with Gasteiger partial charge in [-0.15, -0.1) is 0 Å². The van der Waals surface area contributed by atoms with Gasteiger partial charge in [-0.3, -0.25) is 9.78 Å². The van der Waals surface area contributed by atoms with Gasteiger partial charge in [-0.2, -0.15) is 0 Å². The summed E-state index contributed by atoms with van der Waals surface area (Å²) in [5, 5.41) is 0. The van der Waals surface area contributed by atoms with E-state index in [1.54, 1.807) is 24.4 Å². The van der Waals surface area contributed by atoms with Crippen LogP contribution in [-0.2, 0) is 0 Å². The number of pyridine rings is 1. The van der Waals surface area contributed by atoms with E-state index in [0.29, 0.717) is 12.0 Å². The van der Waals surface area contributed by atoms with Crippen LogP contribution in [0.15, 0.2) is 24.9 Å². The Morgan fingerprint density at radius 1 is 1.67 bits per heavy atom. The summed E-state index contributed by atoms with van der Waals surface area (Å²) in [5.41, 5.74) is 1.46. The van der Waals surface area contributed by atoms with E-state index in [1.165, 1.54) is 0 Å². The van der Waals surface area contributed by atoms with E-state index >= 15 is 0 Å². The van der Waals surface area contributed by atoms with Crippen molar-refractivity contribution < 1.29 is 4.79 Å². The van der Waals surface area contributed by atoms with E-state index in [-0.39, 0.29) is 5.78 Å². The molecule has 0 N–H and O–H groups in total. The van der Waals surface area contributed by atoms with Gasteiger partial charge in [0.25, 0.3) is 0 Å². The second-order valence-electron chi connectivity index (χ2n) is 2.45. The highest BCUT2D eigenvalue weighted by Crippen LogP contribution is 2.03. The van der Waals surface area contributed by atoms with Gasteiger partial charge in [-0.1, -0.05) is 13.5 Å². The number of aromatic nitrogens is 1. The molecule has 12 heavy (non-hydrogen) atoms. The predicted octanol–water partition coefficient (Wildman–Crippen LogP) is 2.32. The molecule has 0 unspecified atom stereocenters. The largest absolute Gasteiger partial charge is 0.294 e. The normalized spacial score (nSPS) is 9.42. The van der Waals surface area contributed by atoms with Crippen molar-refractivity contribution in [2.45, 2.75) is 13.3 Å². The maximum Gasteiger partial charge on any atom is 0.164 e. The average molecular weight is 161 g/mol. The van der Waals surface area contributed by atoms with Crippen LogP contribution < -0.4 is 0 Å². The molecule has 2 heteroatoms. The summed E-state index contributed by atoms with van der Waals surface area (Å²) in [4.78, 5) is 15.2. The maximum atomic E-state index is 11.1. The minimum atomic E-state index is 0.123. The zero-order valence-corrected chi connectivity index (χ0v) is 7.08. The van der Waals surface area contributed by atoms with Crippen LogP contribution in [0.4, 0.5) is 0 Å². The number of carbonyl (C=O) groups is 1. The lowest BCUT2D eigenvalue weighted by Gasteiger charge is -1.96. The molecule has 0 saturated carbocycles. The highest BCUT2D eigenvalue weighted by atomic mass is 16.1. The summed E-state index contributed by atoms with van der Waals surface area (Å²) >= 11 is 0. The molecule has 0 spiro atoms. The molecule has 0 saturated heterocycles. The zero-order chi connectivity index (χ0) is 8.97. The fourth-order valence-corrected chi connectivity index (χ4v) is 0.895. The first-order valence-electron chi connectivity index (χ1n) is 3.89. The van der Waals surface area contributed by atoms with Crippen molar-refractivity contribution in [2.24, 2.45) is 0 Å². The fraction of sp³-hybridized carbons (Fsp3) is 0.200. The van der Waals surface area contributed by atoms with Crippen LogP contribution in [0.25, 0.3) is 6.08 Å². The second-order valence-corrected chi connectivity index (χ2v) is 2.45. The molecule has 62 valence electrons. The third-order valence-corrected chi connectivity index (χ3v) is 1.64. The first kappa shape index (κ1) is 8.65. The van der Waals surface area contributed by atoms with Gasteiger partial charge in [0.1, 0.15) is 0 Å². The van der Waals surface area contributed by atoms with Crippen molar-refractivity contribution in [3.05, 3.63) is 36.2 Å². The van der Waals surface area contributed by atoms with Crippen LogP contribution in [0, 0.1) is 0 Å². The molecule has 1 aromatic heterocycles. The summed E-state index contributed by atoms with van der Waals surface area (Å²) in [6.07, 6.45) is 3.76. The van der Waals surface area contributed by atoms with Crippen LogP contribution in [-0.4, -0.2) is 10.8 Å². The van der Waals surface area contributed by atoms with E-state index in [2.05, 4.69) is 11.6 Å². The van der Waals surface area contributed by atoms with Crippen LogP contribution >= 0.6 is 0 Å². The van der Waals surface area contributed by atoms with Crippen molar-refractivity contribution in [3.63, 3.8) is 0 Å². The quantitative estimate of drug-likeness (QED) is 0.637. The number of Topliss-reactive ketones (excluding diaryl/α,β-unsaturated/α-hetero) is 1. The van der Waals surface area contributed by atoms with Crippen molar-refractivity contribution in [1.82, 2.24) is 4.98 Å². The Hall–Kier alpha value is -1.44. The van der Waals surface area contributed by atoms with Crippen LogP contribution in [0.3, 0.4) is 0 Å². The third-order valence-electron chi connectivity index (χ3n) is 1.64. The molecule has 1 rings (SSSR count). The molecule has 2 nitrogen and oxygen atoms in total. The van der Waals surface area contributed by atoms with Crippen LogP contribution in [0.1, 0.15) is 29.4 Å². The van der Waals surface area contributed by atoms with Gasteiger partial charge >= 0.3 is 0 Å². The molecule has 0 amide bonds. The van der Waals surface area contributed by atoms with Gasteiger partial charge in [0.15, 0.2) is 5.78 Å². The Kier molecular flexibility index (Phi) is 2.75. The molecule has 0 aliphatic carbocycles. The summed E-state index contributed by atoms with van der Waals surface area (Å²) in [7, 11) is 0. The number of rotatable bonds is 3. The molecule has 1 aromatic rings. The highest BCUT2D eigenvalue weighted by Gasteiger charge is 2.01. The van der Waals surface area contributed by atoms with Gasteiger partial charge in [0.05, 0.1) is 5.69 Å². The van der Waals surface area contributed by atoms with E-state index < -0.39 is 0 Å². The number of hydrogen-bond donors (Lipinski definition) is 0. The van der Waals surface area contributed by atoms with E-state index in [0.717, 1.165) is 5.69 Å². The van der Waals surface area contributed by atoms with Crippen LogP contribution in [0.2, 0.25) is 0 Å². The molecule has 0 aromatic carbocycles. The molecule has 0 fully saturated rings. The third kappa shape index (κ3) is 1.78. The van der Waals surface area contributed by atoms with Crippen molar-refractivity contribution in [1.29, 1.82) is 0 Å². The monoisotopic (exact) mass is 161 g/mol. The minimum absolute atomic E-state index is 0.123. The SMILES string of the molecule is C=Cc1ccc(C(=O)CC)cn1. The zero-order valence-electron chi connectivity index (χ0n) is 7.08. The Morgan fingerprint density at radius 2 is 2.42 bits per heavy atom. The molecule has 1 heterocycles. The molecular formula is C10H11NO. The predicted molar refractivity (Wildman–Crippen MR) is 48.9 cm³/mol. The molecule has 0 aliphatic heterocycles. The lowest BCUT2D eigenvalue weighted by Crippen LogP contribution is -1.97. The topological polar surface area (TPSA) is 30.0 Å². The van der Waals surface area contributed by atoms with Crippen molar-refractivity contribution in [3.8, 4) is 0 Å². The number of carbonyl (C=O) groups excluding carboxylic acids is 1. The maximum absolute atomic E-state index is 11.1. The van der Waals surface area contributed by atoms with Crippen molar-refractivity contribution in [2.75, 3.05) is 0 Å². The smallest absolute Gasteiger partial charge is 0.164 e. The average Bonchev–Trinajstić information content (AvgIpc) is 2.17. The summed E-state index contributed by atoms with van der Waals surface area (Å²) in [5.74, 6) is 0.123.